The number of amides is 1. The van der Waals surface area contributed by atoms with E-state index in [0.29, 0.717) is 12.2 Å². The van der Waals surface area contributed by atoms with Crippen LogP contribution in [0, 0.1) is 0 Å². The summed E-state index contributed by atoms with van der Waals surface area (Å²) in [4.78, 5) is 43.0. The first kappa shape index (κ1) is 16.4. The highest BCUT2D eigenvalue weighted by molar-refractivity contribution is 5.93. The Morgan fingerprint density at radius 1 is 1.28 bits per heavy atom. The van der Waals surface area contributed by atoms with Gasteiger partial charge in [0.2, 0.25) is 0 Å². The maximum atomic E-state index is 12.3. The van der Waals surface area contributed by atoms with Gasteiger partial charge in [-0.25, -0.2) is 14.6 Å². The topological polar surface area (TPSA) is 131 Å². The zero-order chi connectivity index (χ0) is 17.6. The molecule has 3 rings (SSSR count). The lowest BCUT2D eigenvalue weighted by Crippen LogP contribution is -2.37. The van der Waals surface area contributed by atoms with Gasteiger partial charge in [-0.2, -0.15) is 5.10 Å². The van der Waals surface area contributed by atoms with Crippen molar-refractivity contribution >= 4 is 5.91 Å². The zero-order valence-electron chi connectivity index (χ0n) is 13.5. The third kappa shape index (κ3) is 4.31. The van der Waals surface area contributed by atoms with Crippen LogP contribution in [0.5, 0.6) is 0 Å². The summed E-state index contributed by atoms with van der Waals surface area (Å²) in [5.74, 6) is -0.0999. The molecule has 2 N–H and O–H groups in total. The number of aromatic nitrogens is 7. The van der Waals surface area contributed by atoms with Crippen LogP contribution >= 0.6 is 0 Å². The molecule has 0 saturated heterocycles. The third-order valence-corrected chi connectivity index (χ3v) is 3.38. The number of aromatic amines is 1. The summed E-state index contributed by atoms with van der Waals surface area (Å²) >= 11 is 0. The first-order valence-electron chi connectivity index (χ1n) is 7.58. The van der Waals surface area contributed by atoms with Crippen LogP contribution in [0.15, 0.2) is 42.2 Å². The quantitative estimate of drug-likeness (QED) is 0.622. The monoisotopic (exact) mass is 340 g/mol. The van der Waals surface area contributed by atoms with Crippen LogP contribution < -0.4 is 10.9 Å². The predicted molar refractivity (Wildman–Crippen MR) is 86.6 cm³/mol. The Bertz CT molecular complexity index is 891. The highest BCUT2D eigenvalue weighted by Crippen LogP contribution is 1.99. The minimum Gasteiger partial charge on any atom is -0.349 e. The van der Waals surface area contributed by atoms with Gasteiger partial charge in [-0.05, 0) is 6.92 Å². The molecule has 0 fully saturated rings. The Morgan fingerprint density at radius 3 is 2.84 bits per heavy atom. The second-order valence-corrected chi connectivity index (χ2v) is 5.44. The molecule has 0 radical (unpaired) electrons. The molecule has 0 unspecified atom stereocenters. The Labute approximate surface area is 142 Å². The smallest absolute Gasteiger partial charge is 0.263 e. The molecule has 1 atom stereocenters. The number of rotatable bonds is 6. The number of carbonyl (C=O) groups excluding carboxylic acids is 1. The van der Waals surface area contributed by atoms with E-state index in [4.69, 9.17) is 0 Å². The van der Waals surface area contributed by atoms with E-state index in [2.05, 4.69) is 35.3 Å². The minimum atomic E-state index is -0.505. The van der Waals surface area contributed by atoms with Gasteiger partial charge < -0.3 is 10.3 Å². The molecule has 0 spiro atoms. The van der Waals surface area contributed by atoms with Crippen molar-refractivity contribution in [2.45, 2.75) is 25.9 Å². The normalized spacial score (nSPS) is 11.9. The molecule has 3 aromatic rings. The zero-order valence-corrected chi connectivity index (χ0v) is 13.5. The molecule has 3 aromatic heterocycles. The Hall–Kier alpha value is -3.43. The van der Waals surface area contributed by atoms with E-state index >= 15 is 0 Å². The molecule has 0 aliphatic rings. The Morgan fingerprint density at radius 2 is 2.16 bits per heavy atom. The van der Waals surface area contributed by atoms with Crippen LogP contribution in [-0.2, 0) is 13.0 Å². The largest absolute Gasteiger partial charge is 0.349 e. The highest BCUT2D eigenvalue weighted by atomic mass is 16.2. The molecule has 0 aliphatic carbocycles. The van der Waals surface area contributed by atoms with Gasteiger partial charge in [-0.1, -0.05) is 0 Å². The van der Waals surface area contributed by atoms with Crippen molar-refractivity contribution < 1.29 is 4.79 Å². The van der Waals surface area contributed by atoms with E-state index in [9.17, 15) is 9.59 Å². The molecule has 0 bridgehead atoms. The summed E-state index contributed by atoms with van der Waals surface area (Å²) in [5, 5.41) is 6.69. The molecule has 0 aromatic carbocycles. The number of carbonyl (C=O) groups is 1. The van der Waals surface area contributed by atoms with E-state index in [1.165, 1.54) is 23.5 Å². The second kappa shape index (κ2) is 7.43. The lowest BCUT2D eigenvalue weighted by molar-refractivity contribution is 0.0938. The highest BCUT2D eigenvalue weighted by Gasteiger charge is 2.15. The van der Waals surface area contributed by atoms with Crippen molar-refractivity contribution in [1.82, 2.24) is 40.0 Å². The lowest BCUT2D eigenvalue weighted by Gasteiger charge is -2.13. The number of hydrogen-bond acceptors (Lipinski definition) is 7. The van der Waals surface area contributed by atoms with E-state index in [1.54, 1.807) is 18.6 Å². The van der Waals surface area contributed by atoms with Crippen molar-refractivity contribution in [2.24, 2.45) is 0 Å². The maximum Gasteiger partial charge on any atom is 0.263 e. The summed E-state index contributed by atoms with van der Waals surface area (Å²) in [6.07, 6.45) is 9.47. The van der Waals surface area contributed by atoms with Crippen molar-refractivity contribution in [3.05, 3.63) is 64.9 Å². The van der Waals surface area contributed by atoms with Crippen LogP contribution in [0.2, 0.25) is 0 Å². The first-order chi connectivity index (χ1) is 12.1. The summed E-state index contributed by atoms with van der Waals surface area (Å²) in [5.41, 5.74) is 0.202. The van der Waals surface area contributed by atoms with E-state index < -0.39 is 11.5 Å². The van der Waals surface area contributed by atoms with Gasteiger partial charge >= 0.3 is 0 Å². The number of nitrogens with zero attached hydrogens (tertiary/aromatic N) is 6. The first-order valence-corrected chi connectivity index (χ1v) is 7.58. The lowest BCUT2D eigenvalue weighted by atomic mass is 10.2. The molecule has 3 heterocycles. The third-order valence-electron chi connectivity index (χ3n) is 3.38. The van der Waals surface area contributed by atoms with Gasteiger partial charge in [0.25, 0.3) is 11.5 Å². The molecular weight excluding hydrogens is 324 g/mol. The molecule has 10 heteroatoms. The Kier molecular flexibility index (Phi) is 4.88. The summed E-state index contributed by atoms with van der Waals surface area (Å²) in [6, 6.07) is -0.210. The average Bonchev–Trinajstić information content (AvgIpc) is 3.08. The molecule has 1 amide bonds. The number of hydrogen-bond donors (Lipinski definition) is 2. The summed E-state index contributed by atoms with van der Waals surface area (Å²) in [7, 11) is 0. The van der Waals surface area contributed by atoms with Gasteiger partial charge in [0.05, 0.1) is 5.69 Å². The molecular formula is C15H16N8O2. The van der Waals surface area contributed by atoms with E-state index in [-0.39, 0.29) is 18.2 Å². The number of H-pyrrole nitrogens is 1. The fourth-order valence-electron chi connectivity index (χ4n) is 2.24. The molecule has 10 nitrogen and oxygen atoms in total. The van der Waals surface area contributed by atoms with Crippen molar-refractivity contribution in [3.63, 3.8) is 0 Å². The second-order valence-electron chi connectivity index (χ2n) is 5.44. The van der Waals surface area contributed by atoms with Gasteiger partial charge in [0.15, 0.2) is 0 Å². The maximum absolute atomic E-state index is 12.3. The Balaban J connectivity index is 1.64. The average molecular weight is 340 g/mol. The standard InChI is InChI=1S/C15H16N8O2/c1-10(4-11-5-16-2-3-18-11)21-14(24)12-6-19-13(22-15(12)25)7-23-9-17-8-20-23/h2-3,5-6,8-10H,4,7H2,1H3,(H,21,24)(H,19,22,25)/t10-/m1/s1. The SMILES string of the molecule is C[C@H](Cc1cnccn1)NC(=O)c1cnc(Cn2cncn2)[nH]c1=O. The number of nitrogens with one attached hydrogen (secondary N) is 2. The van der Waals surface area contributed by atoms with Crippen LogP contribution in [-0.4, -0.2) is 46.6 Å². The molecule has 25 heavy (non-hydrogen) atoms. The predicted octanol–water partition coefficient (Wildman–Crippen LogP) is -0.439. The van der Waals surface area contributed by atoms with Gasteiger partial charge in [-0.3, -0.25) is 19.6 Å². The van der Waals surface area contributed by atoms with Crippen LogP contribution in [0.4, 0.5) is 0 Å². The van der Waals surface area contributed by atoms with Crippen molar-refractivity contribution in [1.29, 1.82) is 0 Å². The minimum absolute atomic E-state index is 0.0478. The van der Waals surface area contributed by atoms with Gasteiger partial charge in [0.1, 0.15) is 30.6 Å². The van der Waals surface area contributed by atoms with Crippen molar-refractivity contribution in [3.8, 4) is 0 Å². The van der Waals surface area contributed by atoms with Crippen LogP contribution in [0.3, 0.4) is 0 Å². The molecule has 0 saturated carbocycles. The van der Waals surface area contributed by atoms with E-state index in [1.807, 2.05) is 6.92 Å². The van der Waals surface area contributed by atoms with Crippen LogP contribution in [0.25, 0.3) is 0 Å². The summed E-state index contributed by atoms with van der Waals surface area (Å²) < 4.78 is 1.51. The summed E-state index contributed by atoms with van der Waals surface area (Å²) in [6.45, 7) is 2.09. The molecule has 128 valence electrons. The van der Waals surface area contributed by atoms with E-state index in [0.717, 1.165) is 5.69 Å². The molecule has 0 aliphatic heterocycles. The van der Waals surface area contributed by atoms with Gasteiger partial charge in [-0.15, -0.1) is 0 Å². The fraction of sp³-hybridized carbons (Fsp3) is 0.267. The fourth-order valence-corrected chi connectivity index (χ4v) is 2.24. The van der Waals surface area contributed by atoms with Crippen molar-refractivity contribution in [2.75, 3.05) is 0 Å². The van der Waals surface area contributed by atoms with Gasteiger partial charge in [0, 0.05) is 37.3 Å². The van der Waals surface area contributed by atoms with Crippen LogP contribution in [0.1, 0.15) is 28.8 Å².